The first-order valence-electron chi connectivity index (χ1n) is 17.9. The van der Waals surface area contributed by atoms with Crippen molar-refractivity contribution in [3.63, 3.8) is 0 Å². The van der Waals surface area contributed by atoms with Crippen LogP contribution in [0.1, 0.15) is 55.7 Å². The van der Waals surface area contributed by atoms with Gasteiger partial charge in [-0.2, -0.15) is 0 Å². The van der Waals surface area contributed by atoms with Crippen molar-refractivity contribution < 1.29 is 28.9 Å². The first-order chi connectivity index (χ1) is 26.0. The van der Waals surface area contributed by atoms with Gasteiger partial charge in [0.2, 0.25) is 0 Å². The van der Waals surface area contributed by atoms with Crippen LogP contribution in [0.3, 0.4) is 0 Å². The summed E-state index contributed by atoms with van der Waals surface area (Å²) in [6, 6.07) is 55.0. The lowest BCUT2D eigenvalue weighted by molar-refractivity contribution is -0.159. The minimum atomic E-state index is -1.07. The fraction of sp³-hybridized carbons (Fsp3) is 0.191. The molecule has 0 aliphatic rings. The molecule has 0 radical (unpaired) electrons. The zero-order valence-corrected chi connectivity index (χ0v) is 29.8. The molecule has 0 aromatic heterocycles. The SMILES string of the molecule is COC(=O)c1cccc(Cc2cccc(CC[C@@H](O)[C@@H](COC(c3ccccc3)(c3ccccc3)c3ccccc3)C(=O)OCc3ccccc3)c2)c1. The van der Waals surface area contributed by atoms with Crippen molar-refractivity contribution in [3.05, 3.63) is 214 Å². The van der Waals surface area contributed by atoms with Crippen molar-refractivity contribution in [1.29, 1.82) is 0 Å². The molecule has 0 aliphatic carbocycles. The number of aliphatic hydroxyl groups excluding tert-OH is 1. The average molecular weight is 705 g/mol. The second kappa shape index (κ2) is 18.1. The Kier molecular flexibility index (Phi) is 12.6. The van der Waals surface area contributed by atoms with E-state index in [1.165, 1.54) is 7.11 Å². The van der Waals surface area contributed by atoms with Crippen LogP contribution in [0.5, 0.6) is 0 Å². The Morgan fingerprint density at radius 2 is 1.09 bits per heavy atom. The number of rotatable bonds is 16. The Morgan fingerprint density at radius 1 is 0.604 bits per heavy atom. The van der Waals surface area contributed by atoms with Crippen molar-refractivity contribution in [2.24, 2.45) is 5.92 Å². The molecular formula is C47H44O6. The van der Waals surface area contributed by atoms with Gasteiger partial charge in [0.05, 0.1) is 25.4 Å². The van der Waals surface area contributed by atoms with Crippen LogP contribution in [-0.4, -0.2) is 36.9 Å². The van der Waals surface area contributed by atoms with Crippen LogP contribution in [0.2, 0.25) is 0 Å². The molecule has 0 bridgehead atoms. The van der Waals surface area contributed by atoms with Gasteiger partial charge >= 0.3 is 11.9 Å². The Balaban J connectivity index is 1.26. The van der Waals surface area contributed by atoms with Crippen molar-refractivity contribution in [1.82, 2.24) is 0 Å². The van der Waals surface area contributed by atoms with Gasteiger partial charge in [-0.25, -0.2) is 4.79 Å². The first-order valence-corrected chi connectivity index (χ1v) is 17.9. The topological polar surface area (TPSA) is 82.1 Å². The van der Waals surface area contributed by atoms with Gasteiger partial charge < -0.3 is 19.3 Å². The predicted octanol–water partition coefficient (Wildman–Crippen LogP) is 8.73. The van der Waals surface area contributed by atoms with E-state index in [0.717, 1.165) is 38.9 Å². The molecule has 6 aromatic rings. The second-order valence-electron chi connectivity index (χ2n) is 13.1. The summed E-state index contributed by atoms with van der Waals surface area (Å²) in [4.78, 5) is 26.0. The number of ether oxygens (including phenoxy) is 3. The maximum Gasteiger partial charge on any atom is 0.337 e. The molecule has 0 saturated carbocycles. The summed E-state index contributed by atoms with van der Waals surface area (Å²) in [5.41, 5.74) is 6.08. The van der Waals surface area contributed by atoms with E-state index in [4.69, 9.17) is 14.2 Å². The zero-order valence-electron chi connectivity index (χ0n) is 29.8. The third kappa shape index (κ3) is 9.35. The van der Waals surface area contributed by atoms with Crippen LogP contribution in [0.15, 0.2) is 170 Å². The maximum absolute atomic E-state index is 14.0. The number of hydrogen-bond donors (Lipinski definition) is 1. The first kappa shape index (κ1) is 37.0. The number of carbonyl (C=O) groups is 2. The van der Waals surface area contributed by atoms with Crippen molar-refractivity contribution in [2.45, 2.75) is 37.6 Å². The summed E-state index contributed by atoms with van der Waals surface area (Å²) in [6.45, 7) is -0.00658. The molecule has 0 heterocycles. The van der Waals surface area contributed by atoms with E-state index in [9.17, 15) is 14.7 Å². The van der Waals surface area contributed by atoms with E-state index >= 15 is 0 Å². The minimum Gasteiger partial charge on any atom is -0.465 e. The standard InChI is InChI=1S/C47H44O6/c1-51-45(49)39-21-15-20-38(32-39)31-37-19-14-18-35(30-37)28-29-44(48)43(46(50)52-33-36-16-6-2-7-17-36)34-53-47(40-22-8-3-9-23-40,41-24-10-4-11-25-41)42-26-12-5-13-27-42/h2-27,30,32,43-44,48H,28-29,31,33-34H2,1H3/t43-,44-/m1/s1. The molecular weight excluding hydrogens is 661 g/mol. The van der Waals surface area contributed by atoms with E-state index in [1.807, 2.05) is 158 Å². The molecule has 6 rings (SSSR count). The molecule has 6 aromatic carbocycles. The van der Waals surface area contributed by atoms with Gasteiger partial charge in [-0.05, 0) is 70.3 Å². The van der Waals surface area contributed by atoms with Crippen LogP contribution < -0.4 is 0 Å². The highest BCUT2D eigenvalue weighted by Gasteiger charge is 2.40. The summed E-state index contributed by atoms with van der Waals surface area (Å²) < 4.78 is 17.8. The third-order valence-electron chi connectivity index (χ3n) is 9.49. The van der Waals surface area contributed by atoms with Crippen molar-refractivity contribution in [3.8, 4) is 0 Å². The minimum absolute atomic E-state index is 0.0866. The zero-order chi connectivity index (χ0) is 36.9. The normalized spacial score (nSPS) is 12.4. The molecule has 6 heteroatoms. The number of aliphatic hydroxyl groups is 1. The highest BCUT2D eigenvalue weighted by atomic mass is 16.5. The molecule has 53 heavy (non-hydrogen) atoms. The molecule has 0 spiro atoms. The van der Waals surface area contributed by atoms with Gasteiger partial charge in [0.25, 0.3) is 0 Å². The highest BCUT2D eigenvalue weighted by Crippen LogP contribution is 2.41. The Hall–Kier alpha value is -5.82. The molecule has 1 N–H and O–H groups in total. The lowest BCUT2D eigenvalue weighted by Gasteiger charge is -2.37. The second-order valence-corrected chi connectivity index (χ2v) is 13.1. The Morgan fingerprint density at radius 3 is 1.66 bits per heavy atom. The molecule has 0 fully saturated rings. The van der Waals surface area contributed by atoms with Gasteiger partial charge in [-0.3, -0.25) is 4.79 Å². The number of esters is 2. The molecule has 0 amide bonds. The van der Waals surface area contributed by atoms with E-state index in [2.05, 4.69) is 6.07 Å². The Labute approximate surface area is 311 Å². The van der Waals surface area contributed by atoms with Gasteiger partial charge in [-0.15, -0.1) is 0 Å². The van der Waals surface area contributed by atoms with Crippen LogP contribution in [0.25, 0.3) is 0 Å². The lowest BCUT2D eigenvalue weighted by atomic mass is 9.80. The summed E-state index contributed by atoms with van der Waals surface area (Å²) in [6.07, 6.45) is 0.411. The highest BCUT2D eigenvalue weighted by molar-refractivity contribution is 5.89. The van der Waals surface area contributed by atoms with Crippen LogP contribution in [-0.2, 0) is 44.1 Å². The van der Waals surface area contributed by atoms with Gasteiger partial charge in [-0.1, -0.05) is 158 Å². The van der Waals surface area contributed by atoms with Crippen LogP contribution in [0, 0.1) is 5.92 Å². The number of methoxy groups -OCH3 is 1. The summed E-state index contributed by atoms with van der Waals surface area (Å²) >= 11 is 0. The van der Waals surface area contributed by atoms with Crippen molar-refractivity contribution >= 4 is 11.9 Å². The number of carbonyl (C=O) groups excluding carboxylic acids is 2. The molecule has 6 nitrogen and oxygen atoms in total. The van der Waals surface area contributed by atoms with E-state index < -0.39 is 23.6 Å². The summed E-state index contributed by atoms with van der Waals surface area (Å²) in [5.74, 6) is -1.87. The van der Waals surface area contributed by atoms with E-state index in [-0.39, 0.29) is 19.2 Å². The molecule has 268 valence electrons. The number of benzene rings is 6. The molecule has 2 atom stereocenters. The number of aryl methyl sites for hydroxylation is 1. The third-order valence-corrected chi connectivity index (χ3v) is 9.49. The fourth-order valence-corrected chi connectivity index (χ4v) is 6.73. The fourth-order valence-electron chi connectivity index (χ4n) is 6.73. The monoisotopic (exact) mass is 704 g/mol. The molecule has 0 unspecified atom stereocenters. The predicted molar refractivity (Wildman–Crippen MR) is 206 cm³/mol. The molecule has 0 saturated heterocycles. The summed E-state index contributed by atoms with van der Waals surface area (Å²) in [5, 5.41) is 11.8. The quantitative estimate of drug-likeness (QED) is 0.0802. The van der Waals surface area contributed by atoms with Gasteiger partial charge in [0.1, 0.15) is 18.1 Å². The molecule has 0 aliphatic heterocycles. The van der Waals surface area contributed by atoms with Crippen LogP contribution >= 0.6 is 0 Å². The number of hydrogen-bond acceptors (Lipinski definition) is 6. The summed E-state index contributed by atoms with van der Waals surface area (Å²) in [7, 11) is 1.37. The lowest BCUT2D eigenvalue weighted by Crippen LogP contribution is -2.40. The van der Waals surface area contributed by atoms with Crippen molar-refractivity contribution in [2.75, 3.05) is 13.7 Å². The average Bonchev–Trinajstić information content (AvgIpc) is 3.22. The smallest absolute Gasteiger partial charge is 0.337 e. The van der Waals surface area contributed by atoms with Gasteiger partial charge in [0, 0.05) is 0 Å². The maximum atomic E-state index is 14.0. The van der Waals surface area contributed by atoms with Gasteiger partial charge in [0.15, 0.2) is 0 Å². The van der Waals surface area contributed by atoms with E-state index in [0.29, 0.717) is 24.8 Å². The van der Waals surface area contributed by atoms with Crippen LogP contribution in [0.4, 0.5) is 0 Å². The Bertz CT molecular complexity index is 1950. The van der Waals surface area contributed by atoms with E-state index in [1.54, 1.807) is 6.07 Å². The largest absolute Gasteiger partial charge is 0.465 e.